The molecule has 0 aromatic carbocycles. The molecule has 21 heavy (non-hydrogen) atoms. The van der Waals surface area contributed by atoms with Crippen LogP contribution in [0.1, 0.15) is 58.8 Å². The molecule has 0 N–H and O–H groups in total. The molecule has 0 radical (unpaired) electrons. The summed E-state index contributed by atoms with van der Waals surface area (Å²) in [6, 6.07) is 0. The van der Waals surface area contributed by atoms with Crippen molar-refractivity contribution in [2.45, 2.75) is 58.8 Å². The second-order valence-electron chi connectivity index (χ2n) is 8.68. The molecule has 6 unspecified atom stereocenters. The molecule has 0 aromatic heterocycles. The molecule has 0 saturated heterocycles. The van der Waals surface area contributed by atoms with E-state index < -0.39 is 0 Å². The molecule has 3 fully saturated rings. The minimum atomic E-state index is 0.178. The van der Waals surface area contributed by atoms with Gasteiger partial charge in [-0.05, 0) is 84.7 Å². The summed E-state index contributed by atoms with van der Waals surface area (Å²) in [5.41, 5.74) is 1.70. The lowest BCUT2D eigenvalue weighted by molar-refractivity contribution is -0.115. The van der Waals surface area contributed by atoms with Gasteiger partial charge in [0.25, 0.3) is 0 Å². The summed E-state index contributed by atoms with van der Waals surface area (Å²) in [7, 11) is 0. The Morgan fingerprint density at radius 1 is 1.10 bits per heavy atom. The minimum absolute atomic E-state index is 0.178. The molecule has 3 saturated carbocycles. The Labute approximate surface area is 128 Å². The zero-order valence-electron chi connectivity index (χ0n) is 13.5. The highest BCUT2D eigenvalue weighted by molar-refractivity contribution is 6.05. The van der Waals surface area contributed by atoms with Crippen molar-refractivity contribution in [1.29, 1.82) is 0 Å². The zero-order chi connectivity index (χ0) is 14.8. The maximum atomic E-state index is 12.0. The molecule has 0 bridgehead atoms. The lowest BCUT2D eigenvalue weighted by Gasteiger charge is -2.58. The van der Waals surface area contributed by atoms with Crippen LogP contribution in [0.15, 0.2) is 24.3 Å². The van der Waals surface area contributed by atoms with E-state index in [4.69, 9.17) is 0 Å². The Hall–Kier alpha value is -0.850. The second-order valence-corrected chi connectivity index (χ2v) is 8.68. The van der Waals surface area contributed by atoms with Gasteiger partial charge in [0.05, 0.1) is 0 Å². The molecule has 6 atom stereocenters. The summed E-state index contributed by atoms with van der Waals surface area (Å²) >= 11 is 0. The number of ketones is 1. The van der Waals surface area contributed by atoms with Gasteiger partial charge in [-0.25, -0.2) is 0 Å². The highest BCUT2D eigenvalue weighted by Crippen LogP contribution is 2.65. The third-order valence-corrected chi connectivity index (χ3v) is 7.89. The molecule has 0 spiro atoms. The first kappa shape index (κ1) is 13.8. The lowest BCUT2D eigenvalue weighted by atomic mass is 9.46. The van der Waals surface area contributed by atoms with Crippen LogP contribution in [-0.2, 0) is 4.79 Å². The summed E-state index contributed by atoms with van der Waals surface area (Å²) in [5.74, 6) is 3.18. The molecular weight excluding hydrogens is 256 g/mol. The molecule has 0 aromatic rings. The highest BCUT2D eigenvalue weighted by Gasteiger charge is 2.57. The number of hydrogen-bond acceptors (Lipinski definition) is 1. The van der Waals surface area contributed by atoms with Crippen molar-refractivity contribution in [3.63, 3.8) is 0 Å². The fraction of sp³-hybridized carbons (Fsp3) is 0.750. The van der Waals surface area contributed by atoms with Gasteiger partial charge in [0.15, 0.2) is 5.78 Å². The van der Waals surface area contributed by atoms with Gasteiger partial charge in [-0.15, -0.1) is 0 Å². The van der Waals surface area contributed by atoms with E-state index in [9.17, 15) is 4.79 Å². The quantitative estimate of drug-likeness (QED) is 0.576. The molecule has 0 amide bonds. The molecule has 0 aliphatic heterocycles. The number of allylic oxidation sites excluding steroid dienone is 3. The second kappa shape index (κ2) is 4.33. The van der Waals surface area contributed by atoms with Gasteiger partial charge in [0, 0.05) is 0 Å². The minimum Gasteiger partial charge on any atom is -0.290 e. The van der Waals surface area contributed by atoms with Gasteiger partial charge < -0.3 is 0 Å². The van der Waals surface area contributed by atoms with E-state index in [1.807, 2.05) is 6.08 Å². The predicted octanol–water partition coefficient (Wildman–Crippen LogP) is 4.93. The average molecular weight is 284 g/mol. The van der Waals surface area contributed by atoms with E-state index in [-0.39, 0.29) is 11.2 Å². The number of hydrogen-bond donors (Lipinski definition) is 0. The summed E-state index contributed by atoms with van der Waals surface area (Å²) < 4.78 is 0. The zero-order valence-corrected chi connectivity index (χ0v) is 13.5. The molecule has 4 rings (SSSR count). The Kier molecular flexibility index (Phi) is 2.85. The van der Waals surface area contributed by atoms with Crippen LogP contribution in [0.2, 0.25) is 0 Å². The van der Waals surface area contributed by atoms with E-state index in [2.05, 4.69) is 26.5 Å². The Morgan fingerprint density at radius 2 is 1.90 bits per heavy atom. The van der Waals surface area contributed by atoms with Crippen molar-refractivity contribution in [3.05, 3.63) is 24.3 Å². The van der Waals surface area contributed by atoms with E-state index >= 15 is 0 Å². The van der Waals surface area contributed by atoms with Gasteiger partial charge in [-0.3, -0.25) is 4.79 Å². The first-order chi connectivity index (χ1) is 9.96. The largest absolute Gasteiger partial charge is 0.290 e. The topological polar surface area (TPSA) is 17.1 Å². The van der Waals surface area contributed by atoms with Crippen molar-refractivity contribution in [2.75, 3.05) is 0 Å². The summed E-state index contributed by atoms with van der Waals surface area (Å²) in [5, 5.41) is 0. The average Bonchev–Trinajstić information content (AvgIpc) is 2.85. The van der Waals surface area contributed by atoms with Gasteiger partial charge in [-0.1, -0.05) is 32.9 Å². The molecule has 4 aliphatic rings. The monoisotopic (exact) mass is 284 g/mol. The molecule has 4 aliphatic carbocycles. The highest BCUT2D eigenvalue weighted by atomic mass is 16.1. The SMILES string of the molecule is C=C1C(=O)C=CC2(C)C1CCC1C3CCCC3(C)CCC12. The normalized spacial score (nSPS) is 52.3. The Balaban J connectivity index is 1.72. The van der Waals surface area contributed by atoms with Gasteiger partial charge in [-0.2, -0.15) is 0 Å². The van der Waals surface area contributed by atoms with E-state index in [0.29, 0.717) is 11.3 Å². The van der Waals surface area contributed by atoms with Crippen LogP contribution in [0.25, 0.3) is 0 Å². The molecule has 1 nitrogen and oxygen atoms in total. The van der Waals surface area contributed by atoms with Crippen LogP contribution in [0, 0.1) is 34.5 Å². The van der Waals surface area contributed by atoms with Crippen molar-refractivity contribution >= 4 is 5.78 Å². The van der Waals surface area contributed by atoms with Crippen molar-refractivity contribution in [1.82, 2.24) is 0 Å². The first-order valence-electron chi connectivity index (χ1n) is 8.88. The number of carbonyl (C=O) groups is 1. The third kappa shape index (κ3) is 1.72. The predicted molar refractivity (Wildman–Crippen MR) is 85.8 cm³/mol. The van der Waals surface area contributed by atoms with E-state index in [1.165, 1.54) is 44.9 Å². The number of carbonyl (C=O) groups excluding carboxylic acids is 1. The maximum Gasteiger partial charge on any atom is 0.181 e. The van der Waals surface area contributed by atoms with Crippen LogP contribution in [0.5, 0.6) is 0 Å². The third-order valence-electron chi connectivity index (χ3n) is 7.89. The molecule has 1 heteroatoms. The van der Waals surface area contributed by atoms with Crippen LogP contribution in [-0.4, -0.2) is 5.78 Å². The smallest absolute Gasteiger partial charge is 0.181 e. The van der Waals surface area contributed by atoms with Crippen LogP contribution >= 0.6 is 0 Å². The van der Waals surface area contributed by atoms with Crippen LogP contribution in [0.3, 0.4) is 0 Å². The van der Waals surface area contributed by atoms with Crippen LogP contribution < -0.4 is 0 Å². The molecule has 0 heterocycles. The number of rotatable bonds is 0. The summed E-state index contributed by atoms with van der Waals surface area (Å²) in [6.45, 7) is 9.11. The summed E-state index contributed by atoms with van der Waals surface area (Å²) in [6.07, 6.45) is 13.7. The maximum absolute atomic E-state index is 12.0. The summed E-state index contributed by atoms with van der Waals surface area (Å²) in [4.78, 5) is 12.0. The van der Waals surface area contributed by atoms with E-state index in [0.717, 1.165) is 23.3 Å². The van der Waals surface area contributed by atoms with Crippen molar-refractivity contribution in [3.8, 4) is 0 Å². The van der Waals surface area contributed by atoms with Gasteiger partial charge >= 0.3 is 0 Å². The Bertz CT molecular complexity index is 530. The molecule has 114 valence electrons. The van der Waals surface area contributed by atoms with Gasteiger partial charge in [0.2, 0.25) is 0 Å². The Morgan fingerprint density at radius 3 is 2.71 bits per heavy atom. The molecular formula is C20H28O. The van der Waals surface area contributed by atoms with Gasteiger partial charge in [0.1, 0.15) is 0 Å². The van der Waals surface area contributed by atoms with Crippen LogP contribution in [0.4, 0.5) is 0 Å². The van der Waals surface area contributed by atoms with Crippen molar-refractivity contribution in [2.24, 2.45) is 34.5 Å². The lowest BCUT2D eigenvalue weighted by Crippen LogP contribution is -2.51. The fourth-order valence-electron chi connectivity index (χ4n) is 6.71. The first-order valence-corrected chi connectivity index (χ1v) is 8.88. The number of fused-ring (bicyclic) bond motifs is 5. The standard InChI is InChI=1S/C20H28O/c1-13-15-7-6-14-16-5-4-10-19(16,2)11-8-17(14)20(15,3)12-9-18(13)21/h9,12,14-17H,1,4-8,10-11H2,2-3H3. The van der Waals surface area contributed by atoms with Crippen molar-refractivity contribution < 1.29 is 4.79 Å². The fourth-order valence-corrected chi connectivity index (χ4v) is 6.71. The van der Waals surface area contributed by atoms with E-state index in [1.54, 1.807) is 0 Å².